The van der Waals surface area contributed by atoms with Crippen LogP contribution in [-0.2, 0) is 9.53 Å². The molecule has 2 heterocycles. The van der Waals surface area contributed by atoms with Gasteiger partial charge in [-0.2, -0.15) is 0 Å². The number of hydrogen-bond acceptors (Lipinski definition) is 4. The van der Waals surface area contributed by atoms with Gasteiger partial charge in [-0.25, -0.2) is 4.79 Å². The van der Waals surface area contributed by atoms with Crippen LogP contribution in [0.4, 0.5) is 11.4 Å². The monoisotopic (exact) mass is 469 g/mol. The summed E-state index contributed by atoms with van der Waals surface area (Å²) in [5.74, 6) is -0.684. The normalized spacial score (nSPS) is 15.5. The number of fused-ring (bicyclic) bond motifs is 1. The van der Waals surface area contributed by atoms with Gasteiger partial charge in [-0.15, -0.1) is 0 Å². The lowest BCUT2D eigenvalue weighted by atomic mass is 10.1. The van der Waals surface area contributed by atoms with E-state index in [1.807, 2.05) is 6.92 Å². The number of aryl methyl sites for hydroxylation is 1. The number of carbonyl (C=O) groups excluding carboxylic acids is 2. The number of nitrogens with one attached hydrogen (secondary N) is 3. The number of esters is 1. The van der Waals surface area contributed by atoms with Gasteiger partial charge in [0.15, 0.2) is 6.04 Å². The van der Waals surface area contributed by atoms with Crippen molar-refractivity contribution >= 4 is 45.8 Å². The SMILES string of the molecule is COC(=O)c1[nH]c2ccc(Cl)cc2c1NC(=O)[C@H](C)[NH+]1CCN(c2cccc(C)c2C)CC1. The van der Waals surface area contributed by atoms with E-state index in [4.69, 9.17) is 16.3 Å². The number of anilines is 2. The fourth-order valence-corrected chi connectivity index (χ4v) is 4.68. The van der Waals surface area contributed by atoms with E-state index in [0.717, 1.165) is 26.2 Å². The van der Waals surface area contributed by atoms with Crippen LogP contribution in [0.2, 0.25) is 5.02 Å². The number of halogens is 1. The van der Waals surface area contributed by atoms with Crippen LogP contribution in [0.15, 0.2) is 36.4 Å². The number of methoxy groups -OCH3 is 1. The number of nitrogens with zero attached hydrogens (tertiary/aromatic N) is 1. The Kier molecular flexibility index (Phi) is 6.63. The standard InChI is InChI=1S/C25H29ClN4O3/c1-15-6-5-7-21(16(15)2)30-12-10-29(11-13-30)17(3)24(31)28-22-19-14-18(26)8-9-20(19)27-23(22)25(32)33-4/h5-9,14,17,27H,10-13H2,1-4H3,(H,28,31)/p+1/t17-/m0/s1. The van der Waals surface area contributed by atoms with E-state index in [1.54, 1.807) is 18.2 Å². The van der Waals surface area contributed by atoms with Crippen LogP contribution in [-0.4, -0.2) is 56.2 Å². The maximum absolute atomic E-state index is 13.2. The number of amides is 1. The quantitative estimate of drug-likeness (QED) is 0.502. The van der Waals surface area contributed by atoms with Gasteiger partial charge in [0.25, 0.3) is 5.91 Å². The minimum absolute atomic E-state index is 0.142. The number of ether oxygens (including phenoxy) is 1. The molecule has 0 saturated carbocycles. The van der Waals surface area contributed by atoms with Gasteiger partial charge in [-0.1, -0.05) is 23.7 Å². The second-order valence-electron chi connectivity index (χ2n) is 8.63. The largest absolute Gasteiger partial charge is 0.464 e. The highest BCUT2D eigenvalue weighted by Gasteiger charge is 2.31. The Morgan fingerprint density at radius 1 is 1.18 bits per heavy atom. The zero-order chi connectivity index (χ0) is 23.7. The molecule has 3 N–H and O–H groups in total. The summed E-state index contributed by atoms with van der Waals surface area (Å²) in [5.41, 5.74) is 5.19. The summed E-state index contributed by atoms with van der Waals surface area (Å²) in [5, 5.41) is 4.17. The van der Waals surface area contributed by atoms with Crippen molar-refractivity contribution in [1.29, 1.82) is 0 Å². The fraction of sp³-hybridized carbons (Fsp3) is 0.360. The third-order valence-corrected chi connectivity index (χ3v) is 6.96. The van der Waals surface area contributed by atoms with Gasteiger partial charge < -0.3 is 24.8 Å². The molecule has 0 spiro atoms. The highest BCUT2D eigenvalue weighted by molar-refractivity contribution is 6.31. The molecule has 174 valence electrons. The zero-order valence-electron chi connectivity index (χ0n) is 19.4. The van der Waals surface area contributed by atoms with Crippen LogP contribution >= 0.6 is 11.6 Å². The molecule has 1 fully saturated rings. The van der Waals surface area contributed by atoms with Crippen molar-refractivity contribution in [2.24, 2.45) is 0 Å². The highest BCUT2D eigenvalue weighted by atomic mass is 35.5. The molecular weight excluding hydrogens is 440 g/mol. The van der Waals surface area contributed by atoms with E-state index in [2.05, 4.69) is 47.2 Å². The molecule has 1 saturated heterocycles. The minimum Gasteiger partial charge on any atom is -0.464 e. The zero-order valence-corrected chi connectivity index (χ0v) is 20.2. The number of aromatic nitrogens is 1. The molecule has 1 aromatic heterocycles. The lowest BCUT2D eigenvalue weighted by molar-refractivity contribution is -0.914. The summed E-state index contributed by atoms with van der Waals surface area (Å²) < 4.78 is 4.90. The van der Waals surface area contributed by atoms with Crippen molar-refractivity contribution in [3.63, 3.8) is 0 Å². The van der Waals surface area contributed by atoms with Gasteiger partial charge in [-0.05, 0) is 56.2 Å². The smallest absolute Gasteiger partial charge is 0.356 e. The topological polar surface area (TPSA) is 78.9 Å². The van der Waals surface area contributed by atoms with Gasteiger partial charge >= 0.3 is 5.97 Å². The molecule has 0 aliphatic carbocycles. The molecular formula is C25H30ClN4O3+. The maximum Gasteiger partial charge on any atom is 0.356 e. The Hall–Kier alpha value is -3.03. The number of rotatable bonds is 5. The van der Waals surface area contributed by atoms with E-state index < -0.39 is 5.97 Å². The minimum atomic E-state index is -0.542. The molecule has 4 rings (SSSR count). The number of carbonyl (C=O) groups is 2. The average Bonchev–Trinajstić information content (AvgIpc) is 3.17. The summed E-state index contributed by atoms with van der Waals surface area (Å²) in [4.78, 5) is 32.2. The van der Waals surface area contributed by atoms with Gasteiger partial charge in [0.1, 0.15) is 5.69 Å². The Bertz CT molecular complexity index is 1200. The Morgan fingerprint density at radius 2 is 1.91 bits per heavy atom. The van der Waals surface area contributed by atoms with Crippen molar-refractivity contribution in [3.05, 3.63) is 58.2 Å². The van der Waals surface area contributed by atoms with E-state index >= 15 is 0 Å². The predicted molar refractivity (Wildman–Crippen MR) is 132 cm³/mol. The molecule has 1 aliphatic heterocycles. The second-order valence-corrected chi connectivity index (χ2v) is 9.07. The van der Waals surface area contributed by atoms with Crippen LogP contribution in [0.1, 0.15) is 28.5 Å². The lowest BCUT2D eigenvalue weighted by Crippen LogP contribution is -3.19. The molecule has 7 nitrogen and oxygen atoms in total. The molecule has 1 atom stereocenters. The molecule has 1 amide bonds. The molecule has 2 aromatic carbocycles. The summed E-state index contributed by atoms with van der Waals surface area (Å²) in [6.07, 6.45) is 0. The van der Waals surface area contributed by atoms with Gasteiger partial charge in [-0.3, -0.25) is 4.79 Å². The van der Waals surface area contributed by atoms with E-state index in [-0.39, 0.29) is 17.6 Å². The molecule has 1 aliphatic rings. The molecule has 0 bridgehead atoms. The summed E-state index contributed by atoms with van der Waals surface area (Å²) >= 11 is 6.17. The Morgan fingerprint density at radius 3 is 2.61 bits per heavy atom. The van der Waals surface area contributed by atoms with Gasteiger partial charge in [0, 0.05) is 21.6 Å². The van der Waals surface area contributed by atoms with Gasteiger partial charge in [0.05, 0.1) is 39.0 Å². The maximum atomic E-state index is 13.2. The second kappa shape index (κ2) is 9.45. The third kappa shape index (κ3) is 4.56. The van der Waals surface area contributed by atoms with Crippen LogP contribution in [0, 0.1) is 13.8 Å². The first kappa shape index (κ1) is 23.1. The number of aromatic amines is 1. The van der Waals surface area contributed by atoms with Crippen molar-refractivity contribution < 1.29 is 19.2 Å². The number of piperazine rings is 1. The van der Waals surface area contributed by atoms with Crippen molar-refractivity contribution in [1.82, 2.24) is 4.98 Å². The van der Waals surface area contributed by atoms with Crippen LogP contribution in [0.3, 0.4) is 0 Å². The predicted octanol–water partition coefficient (Wildman–Crippen LogP) is 2.96. The van der Waals surface area contributed by atoms with Crippen molar-refractivity contribution in [3.8, 4) is 0 Å². The van der Waals surface area contributed by atoms with Crippen LogP contribution < -0.4 is 15.1 Å². The highest BCUT2D eigenvalue weighted by Crippen LogP contribution is 2.31. The molecule has 0 radical (unpaired) electrons. The first-order valence-electron chi connectivity index (χ1n) is 11.2. The van der Waals surface area contributed by atoms with Gasteiger partial charge in [0.2, 0.25) is 0 Å². The fourth-order valence-electron chi connectivity index (χ4n) is 4.51. The lowest BCUT2D eigenvalue weighted by Gasteiger charge is -2.36. The van der Waals surface area contributed by atoms with Crippen LogP contribution in [0.25, 0.3) is 10.9 Å². The van der Waals surface area contributed by atoms with E-state index in [0.29, 0.717) is 21.6 Å². The third-order valence-electron chi connectivity index (χ3n) is 6.73. The summed E-state index contributed by atoms with van der Waals surface area (Å²) in [6, 6.07) is 11.4. The van der Waals surface area contributed by atoms with E-state index in [1.165, 1.54) is 28.8 Å². The first-order chi connectivity index (χ1) is 15.8. The first-order valence-corrected chi connectivity index (χ1v) is 11.5. The summed E-state index contributed by atoms with van der Waals surface area (Å²) in [7, 11) is 1.31. The number of H-pyrrole nitrogens is 1. The van der Waals surface area contributed by atoms with Crippen molar-refractivity contribution in [2.75, 3.05) is 43.5 Å². The van der Waals surface area contributed by atoms with Crippen molar-refractivity contribution in [2.45, 2.75) is 26.8 Å². The van der Waals surface area contributed by atoms with E-state index in [9.17, 15) is 9.59 Å². The summed E-state index contributed by atoms with van der Waals surface area (Å²) in [6.45, 7) is 9.69. The number of quaternary nitrogens is 1. The molecule has 0 unspecified atom stereocenters. The number of benzene rings is 2. The Balaban J connectivity index is 1.49. The molecule has 3 aromatic rings. The molecule has 8 heteroatoms. The average molecular weight is 470 g/mol. The molecule has 33 heavy (non-hydrogen) atoms. The Labute approximate surface area is 198 Å². The van der Waals surface area contributed by atoms with Crippen LogP contribution in [0.5, 0.6) is 0 Å². The number of hydrogen-bond donors (Lipinski definition) is 3.